The Hall–Kier alpha value is -3.29. The minimum Gasteiger partial charge on any atom is -0.476 e. The van der Waals surface area contributed by atoms with Gasteiger partial charge in [-0.05, 0) is 55.5 Å². The molecule has 3 rings (SSSR count). The molecule has 1 aliphatic rings. The summed E-state index contributed by atoms with van der Waals surface area (Å²) in [6.07, 6.45) is 2.79. The van der Waals surface area contributed by atoms with Crippen molar-refractivity contribution in [1.29, 1.82) is 0 Å². The van der Waals surface area contributed by atoms with E-state index in [2.05, 4.69) is 4.98 Å². The second kappa shape index (κ2) is 8.81. The highest BCUT2D eigenvalue weighted by Gasteiger charge is 2.37. The van der Waals surface area contributed by atoms with Gasteiger partial charge in [-0.15, -0.1) is 0 Å². The van der Waals surface area contributed by atoms with Gasteiger partial charge in [0, 0.05) is 12.2 Å². The first-order valence-corrected chi connectivity index (χ1v) is 9.33. The van der Waals surface area contributed by atoms with Crippen molar-refractivity contribution >= 4 is 23.5 Å². The zero-order valence-electron chi connectivity index (χ0n) is 15.9. The van der Waals surface area contributed by atoms with Gasteiger partial charge in [-0.2, -0.15) is 0 Å². The maximum absolute atomic E-state index is 13.1. The number of ether oxygens (including phenoxy) is 1. The average molecular weight is 400 g/mol. The number of aromatic nitrogens is 1. The summed E-state index contributed by atoms with van der Waals surface area (Å²) < 4.78 is 18.0. The fraction of sp³-hybridized carbons (Fsp3) is 0.333. The summed E-state index contributed by atoms with van der Waals surface area (Å²) in [6.45, 7) is 1.80. The second-order valence-electron chi connectivity index (χ2n) is 6.80. The van der Waals surface area contributed by atoms with Crippen molar-refractivity contribution in [3.63, 3.8) is 0 Å². The topological polar surface area (TPSA) is 96.8 Å². The number of amides is 1. The summed E-state index contributed by atoms with van der Waals surface area (Å²) in [5, 5.41) is 9.54. The van der Waals surface area contributed by atoms with Crippen LogP contribution in [-0.2, 0) is 20.7 Å². The largest absolute Gasteiger partial charge is 0.476 e. The molecule has 1 N–H and O–H groups in total. The van der Waals surface area contributed by atoms with E-state index in [-0.39, 0.29) is 29.8 Å². The van der Waals surface area contributed by atoms with Gasteiger partial charge in [-0.3, -0.25) is 9.59 Å². The number of aromatic carboxylic acids is 1. The number of esters is 1. The Morgan fingerprint density at radius 1 is 1.21 bits per heavy atom. The fourth-order valence-corrected chi connectivity index (χ4v) is 3.07. The SMILES string of the molecule is CCOC(=O)CC(=O)N(c1cc(Cc2ccc(F)cc2)cnc1C(=O)O)C1CC1. The van der Waals surface area contributed by atoms with Crippen LogP contribution in [0.25, 0.3) is 0 Å². The van der Waals surface area contributed by atoms with Crippen molar-refractivity contribution in [2.24, 2.45) is 0 Å². The molecular formula is C21H21FN2O5. The van der Waals surface area contributed by atoms with E-state index < -0.39 is 24.3 Å². The van der Waals surface area contributed by atoms with Gasteiger partial charge in [0.05, 0.1) is 12.3 Å². The Labute approximate surface area is 167 Å². The Bertz CT molecular complexity index is 925. The summed E-state index contributed by atoms with van der Waals surface area (Å²) in [5.41, 5.74) is 1.40. The number of nitrogens with zero attached hydrogens (tertiary/aromatic N) is 2. The average Bonchev–Trinajstić information content (AvgIpc) is 3.49. The lowest BCUT2D eigenvalue weighted by atomic mass is 10.0. The highest BCUT2D eigenvalue weighted by atomic mass is 19.1. The molecule has 7 nitrogen and oxygen atoms in total. The number of hydrogen-bond donors (Lipinski definition) is 1. The minimum absolute atomic E-state index is 0.157. The number of benzene rings is 1. The first-order chi connectivity index (χ1) is 13.9. The molecule has 29 heavy (non-hydrogen) atoms. The van der Waals surface area contributed by atoms with Crippen LogP contribution in [0.4, 0.5) is 10.1 Å². The van der Waals surface area contributed by atoms with Crippen molar-refractivity contribution < 1.29 is 28.6 Å². The molecule has 0 radical (unpaired) electrons. The molecule has 1 amide bonds. The molecule has 0 unspecified atom stereocenters. The maximum atomic E-state index is 13.1. The number of carbonyl (C=O) groups is 3. The van der Waals surface area contributed by atoms with Crippen LogP contribution in [0.1, 0.15) is 47.8 Å². The van der Waals surface area contributed by atoms with Crippen molar-refractivity contribution in [3.8, 4) is 0 Å². The molecule has 0 aliphatic heterocycles. The predicted octanol–water partition coefficient (Wildman–Crippen LogP) is 2.96. The Morgan fingerprint density at radius 3 is 2.48 bits per heavy atom. The van der Waals surface area contributed by atoms with Crippen molar-refractivity contribution in [3.05, 3.63) is 59.2 Å². The van der Waals surface area contributed by atoms with Gasteiger partial charge < -0.3 is 14.7 Å². The van der Waals surface area contributed by atoms with E-state index in [0.717, 1.165) is 18.4 Å². The van der Waals surface area contributed by atoms with Crippen molar-refractivity contribution in [2.75, 3.05) is 11.5 Å². The summed E-state index contributed by atoms with van der Waals surface area (Å²) >= 11 is 0. The zero-order chi connectivity index (χ0) is 21.0. The van der Waals surface area contributed by atoms with E-state index in [0.29, 0.717) is 12.0 Å². The molecule has 1 aromatic heterocycles. The number of halogens is 1. The summed E-state index contributed by atoms with van der Waals surface area (Å²) in [7, 11) is 0. The van der Waals surface area contributed by atoms with Crippen molar-refractivity contribution in [2.45, 2.75) is 38.6 Å². The number of carbonyl (C=O) groups excluding carboxylic acids is 2. The number of carboxylic acids is 1. The third-order valence-corrected chi connectivity index (χ3v) is 4.49. The quantitative estimate of drug-likeness (QED) is 0.541. The number of hydrogen-bond acceptors (Lipinski definition) is 5. The molecule has 1 fully saturated rings. The van der Waals surface area contributed by atoms with E-state index in [1.807, 2.05) is 0 Å². The Balaban J connectivity index is 1.92. The fourth-order valence-electron chi connectivity index (χ4n) is 3.07. The van der Waals surface area contributed by atoms with Gasteiger partial charge >= 0.3 is 11.9 Å². The minimum atomic E-state index is -1.26. The first kappa shape index (κ1) is 20.4. The molecule has 0 atom stereocenters. The molecule has 2 aromatic rings. The van der Waals surface area contributed by atoms with E-state index in [9.17, 15) is 23.9 Å². The van der Waals surface area contributed by atoms with Gasteiger partial charge in [0.25, 0.3) is 0 Å². The molecule has 8 heteroatoms. The summed E-state index contributed by atoms with van der Waals surface area (Å²) in [4.78, 5) is 41.6. The van der Waals surface area contributed by atoms with Gasteiger partial charge in [-0.25, -0.2) is 14.2 Å². The number of rotatable bonds is 8. The van der Waals surface area contributed by atoms with Gasteiger partial charge in [0.15, 0.2) is 5.69 Å². The number of anilines is 1. The van der Waals surface area contributed by atoms with Crippen LogP contribution in [0.5, 0.6) is 0 Å². The van der Waals surface area contributed by atoms with Gasteiger partial charge in [-0.1, -0.05) is 12.1 Å². The molecule has 1 heterocycles. The highest BCUT2D eigenvalue weighted by molar-refractivity contribution is 6.07. The smallest absolute Gasteiger partial charge is 0.356 e. The molecule has 1 saturated carbocycles. The maximum Gasteiger partial charge on any atom is 0.356 e. The van der Waals surface area contributed by atoms with Crippen LogP contribution in [0, 0.1) is 5.82 Å². The molecule has 152 valence electrons. The molecule has 1 aromatic carbocycles. The lowest BCUT2D eigenvalue weighted by molar-refractivity contribution is -0.145. The van der Waals surface area contributed by atoms with Crippen molar-refractivity contribution in [1.82, 2.24) is 4.98 Å². The normalized spacial score (nSPS) is 13.0. The third kappa shape index (κ3) is 5.16. The molecule has 0 saturated heterocycles. The van der Waals surface area contributed by atoms with E-state index in [1.54, 1.807) is 25.1 Å². The summed E-state index contributed by atoms with van der Waals surface area (Å²) in [6, 6.07) is 7.37. The molecule has 1 aliphatic carbocycles. The lowest BCUT2D eigenvalue weighted by Crippen LogP contribution is -2.36. The van der Waals surface area contributed by atoms with Crippen LogP contribution in [-0.4, -0.2) is 40.6 Å². The predicted molar refractivity (Wildman–Crippen MR) is 102 cm³/mol. The van der Waals surface area contributed by atoms with E-state index in [1.165, 1.54) is 23.2 Å². The van der Waals surface area contributed by atoms with Gasteiger partial charge in [0.1, 0.15) is 12.2 Å². The zero-order valence-corrected chi connectivity index (χ0v) is 15.9. The van der Waals surface area contributed by atoms with Crippen LogP contribution in [0.15, 0.2) is 36.5 Å². The molecular weight excluding hydrogens is 379 g/mol. The van der Waals surface area contributed by atoms with E-state index >= 15 is 0 Å². The number of carboxylic acid groups (broad SMARTS) is 1. The number of pyridine rings is 1. The third-order valence-electron chi connectivity index (χ3n) is 4.49. The summed E-state index contributed by atoms with van der Waals surface area (Å²) in [5.74, 6) is -2.79. The molecule has 0 bridgehead atoms. The van der Waals surface area contributed by atoms with Crippen LogP contribution >= 0.6 is 0 Å². The van der Waals surface area contributed by atoms with Crippen LogP contribution in [0.3, 0.4) is 0 Å². The molecule has 0 spiro atoms. The van der Waals surface area contributed by atoms with Crippen LogP contribution in [0.2, 0.25) is 0 Å². The highest BCUT2D eigenvalue weighted by Crippen LogP contribution is 2.34. The Kier molecular flexibility index (Phi) is 6.21. The second-order valence-corrected chi connectivity index (χ2v) is 6.80. The van der Waals surface area contributed by atoms with E-state index in [4.69, 9.17) is 4.74 Å². The van der Waals surface area contributed by atoms with Gasteiger partial charge in [0.2, 0.25) is 5.91 Å². The monoisotopic (exact) mass is 400 g/mol. The first-order valence-electron chi connectivity index (χ1n) is 9.33. The standard InChI is InChI=1S/C21H21FN2O5/c1-2-29-19(26)11-18(25)24(16-7-8-16)17-10-14(12-23-20(17)21(27)28)9-13-3-5-15(22)6-4-13/h3-6,10,12,16H,2,7-9,11H2,1H3,(H,27,28). The lowest BCUT2D eigenvalue weighted by Gasteiger charge is -2.24. The Morgan fingerprint density at radius 2 is 1.90 bits per heavy atom. The van der Waals surface area contributed by atoms with Crippen LogP contribution < -0.4 is 4.90 Å².